The molecule has 1 amide bonds. The van der Waals surface area contributed by atoms with E-state index in [0.717, 1.165) is 18.7 Å². The molecule has 1 saturated carbocycles. The Kier molecular flexibility index (Phi) is 4.93. The number of aliphatic carboxylic acids is 1. The zero-order valence-corrected chi connectivity index (χ0v) is 15.7. The Hall–Kier alpha value is -3.19. The lowest BCUT2D eigenvalue weighted by atomic mass is 9.97. The summed E-state index contributed by atoms with van der Waals surface area (Å²) in [5.74, 6) is -8.80. The number of pyridine rings is 1. The van der Waals surface area contributed by atoms with Gasteiger partial charge >= 0.3 is 18.3 Å². The molecule has 14 heteroatoms. The SMILES string of the molecule is O=C(NC(C(=O)O)C(C(F)(F)F)C(F)(F)F)c1nn(-c2ccc(F)cn2)c2c1C[C@H]1C[C@@H]21. The van der Waals surface area contributed by atoms with E-state index in [1.165, 1.54) is 16.1 Å². The van der Waals surface area contributed by atoms with Crippen LogP contribution in [0.25, 0.3) is 5.82 Å². The zero-order chi connectivity index (χ0) is 23.6. The molecule has 2 aliphatic carbocycles. The highest BCUT2D eigenvalue weighted by molar-refractivity contribution is 5.97. The molecular weight excluding hydrogens is 453 g/mol. The number of carboxylic acid groups (broad SMARTS) is 1. The minimum absolute atomic E-state index is 0.0423. The quantitative estimate of drug-likeness (QED) is 0.661. The number of alkyl halides is 6. The average molecular weight is 466 g/mol. The van der Waals surface area contributed by atoms with Crippen molar-refractivity contribution in [3.8, 4) is 5.82 Å². The molecule has 0 spiro atoms. The summed E-state index contributed by atoms with van der Waals surface area (Å²) in [6.07, 6.45) is -10.0. The molecule has 0 saturated heterocycles. The summed E-state index contributed by atoms with van der Waals surface area (Å²) in [6.45, 7) is 0. The van der Waals surface area contributed by atoms with Gasteiger partial charge in [0, 0.05) is 11.5 Å². The minimum atomic E-state index is -5.98. The fourth-order valence-corrected chi connectivity index (χ4v) is 4.03. The van der Waals surface area contributed by atoms with Gasteiger partial charge in [0.25, 0.3) is 5.91 Å². The highest BCUT2D eigenvalue weighted by atomic mass is 19.4. The molecule has 0 radical (unpaired) electrons. The van der Waals surface area contributed by atoms with E-state index in [4.69, 9.17) is 5.11 Å². The molecule has 4 rings (SSSR count). The van der Waals surface area contributed by atoms with Crippen molar-refractivity contribution in [1.82, 2.24) is 20.1 Å². The molecular formula is C18H13F7N4O3. The third-order valence-electron chi connectivity index (χ3n) is 5.50. The number of carbonyl (C=O) groups excluding carboxylic acids is 1. The minimum Gasteiger partial charge on any atom is -0.480 e. The van der Waals surface area contributed by atoms with E-state index in [1.54, 1.807) is 0 Å². The van der Waals surface area contributed by atoms with E-state index in [2.05, 4.69) is 10.1 Å². The third kappa shape index (κ3) is 3.77. The summed E-state index contributed by atoms with van der Waals surface area (Å²) in [6, 6.07) is -1.01. The number of fused-ring (bicyclic) bond motifs is 3. The maximum atomic E-state index is 13.2. The van der Waals surface area contributed by atoms with Gasteiger partial charge in [0.2, 0.25) is 0 Å². The van der Waals surface area contributed by atoms with Crippen LogP contribution in [0.15, 0.2) is 18.3 Å². The lowest BCUT2D eigenvalue weighted by Crippen LogP contribution is -2.56. The summed E-state index contributed by atoms with van der Waals surface area (Å²) in [7, 11) is 0. The largest absolute Gasteiger partial charge is 0.480 e. The fraction of sp³-hybridized carbons (Fsp3) is 0.444. The van der Waals surface area contributed by atoms with Crippen molar-refractivity contribution in [1.29, 1.82) is 0 Å². The van der Waals surface area contributed by atoms with Gasteiger partial charge in [-0.3, -0.25) is 4.79 Å². The van der Waals surface area contributed by atoms with Gasteiger partial charge in [0.05, 0.1) is 11.9 Å². The van der Waals surface area contributed by atoms with E-state index < -0.39 is 47.7 Å². The van der Waals surface area contributed by atoms with Crippen molar-refractivity contribution in [2.45, 2.75) is 37.2 Å². The van der Waals surface area contributed by atoms with Crippen LogP contribution in [-0.2, 0) is 11.2 Å². The van der Waals surface area contributed by atoms with Gasteiger partial charge in [-0.05, 0) is 30.9 Å². The molecule has 1 unspecified atom stereocenters. The average Bonchev–Trinajstić information content (AvgIpc) is 3.15. The Morgan fingerprint density at radius 1 is 1.16 bits per heavy atom. The van der Waals surface area contributed by atoms with Crippen LogP contribution in [0.3, 0.4) is 0 Å². The molecule has 0 aromatic carbocycles. The molecule has 32 heavy (non-hydrogen) atoms. The van der Waals surface area contributed by atoms with Crippen molar-refractivity contribution in [2.24, 2.45) is 11.8 Å². The van der Waals surface area contributed by atoms with E-state index in [1.807, 2.05) is 0 Å². The molecule has 2 aromatic heterocycles. The number of amides is 1. The van der Waals surface area contributed by atoms with Gasteiger partial charge < -0.3 is 10.4 Å². The van der Waals surface area contributed by atoms with Gasteiger partial charge in [-0.25, -0.2) is 18.9 Å². The van der Waals surface area contributed by atoms with Crippen LogP contribution in [0.5, 0.6) is 0 Å². The van der Waals surface area contributed by atoms with Crippen LogP contribution in [0, 0.1) is 17.7 Å². The van der Waals surface area contributed by atoms with E-state index in [-0.39, 0.29) is 23.2 Å². The molecule has 172 valence electrons. The smallest absolute Gasteiger partial charge is 0.403 e. The van der Waals surface area contributed by atoms with Crippen LogP contribution in [0.4, 0.5) is 30.7 Å². The first-order chi connectivity index (χ1) is 14.8. The third-order valence-corrected chi connectivity index (χ3v) is 5.50. The number of aromatic nitrogens is 3. The number of rotatable bonds is 5. The maximum Gasteiger partial charge on any atom is 0.403 e. The number of halogens is 7. The van der Waals surface area contributed by atoms with E-state index in [0.29, 0.717) is 12.1 Å². The van der Waals surface area contributed by atoms with Gasteiger partial charge in [0.1, 0.15) is 11.9 Å². The zero-order valence-electron chi connectivity index (χ0n) is 15.7. The topological polar surface area (TPSA) is 97.1 Å². The second-order valence-corrected chi connectivity index (χ2v) is 7.62. The standard InChI is InChI=1S/C18H13F7N4O3/c19-7-1-2-10(26-5-7)29-13-8-3-6(8)4-9(13)11(28-29)15(30)27-12(16(31)32)14(17(20,21)22)18(23,24)25/h1-2,5-6,8,12,14H,3-4H2,(H,27,30)(H,31,32)/t6-,8-,12?/m1/s1. The number of nitrogens with one attached hydrogen (secondary N) is 1. The number of carbonyl (C=O) groups is 2. The van der Waals surface area contributed by atoms with Crippen molar-refractivity contribution in [3.05, 3.63) is 41.1 Å². The summed E-state index contributed by atoms with van der Waals surface area (Å²) in [5, 5.41) is 14.3. The van der Waals surface area contributed by atoms with Crippen LogP contribution in [-0.4, -0.2) is 50.1 Å². The predicted molar refractivity (Wildman–Crippen MR) is 90.4 cm³/mol. The summed E-state index contributed by atoms with van der Waals surface area (Å²) < 4.78 is 92.5. The Balaban J connectivity index is 1.70. The summed E-state index contributed by atoms with van der Waals surface area (Å²) >= 11 is 0. The number of carboxylic acids is 1. The highest BCUT2D eigenvalue weighted by Crippen LogP contribution is 2.57. The van der Waals surface area contributed by atoms with Gasteiger partial charge in [-0.1, -0.05) is 0 Å². The van der Waals surface area contributed by atoms with Crippen LogP contribution in [0.2, 0.25) is 0 Å². The molecule has 2 aromatic rings. The van der Waals surface area contributed by atoms with E-state index >= 15 is 0 Å². The Morgan fingerprint density at radius 3 is 2.34 bits per heavy atom. The highest BCUT2D eigenvalue weighted by Gasteiger charge is 2.63. The number of hydrogen-bond donors (Lipinski definition) is 2. The van der Waals surface area contributed by atoms with Crippen molar-refractivity contribution in [2.75, 3.05) is 0 Å². The summed E-state index contributed by atoms with van der Waals surface area (Å²) in [5.41, 5.74) is 0.289. The lowest BCUT2D eigenvalue weighted by molar-refractivity contribution is -0.290. The maximum absolute atomic E-state index is 13.2. The predicted octanol–water partition coefficient (Wildman–Crippen LogP) is 2.99. The van der Waals surface area contributed by atoms with Crippen molar-refractivity contribution >= 4 is 11.9 Å². The molecule has 7 nitrogen and oxygen atoms in total. The lowest BCUT2D eigenvalue weighted by Gasteiger charge is -2.28. The molecule has 1 fully saturated rings. The molecule has 0 aliphatic heterocycles. The summed E-state index contributed by atoms with van der Waals surface area (Å²) in [4.78, 5) is 27.7. The Bertz CT molecular complexity index is 1060. The number of nitrogens with zero attached hydrogens (tertiary/aromatic N) is 3. The normalized spacial score (nSPS) is 20.6. The monoisotopic (exact) mass is 466 g/mol. The first-order valence-electron chi connectivity index (χ1n) is 9.20. The Morgan fingerprint density at radius 2 is 1.81 bits per heavy atom. The van der Waals surface area contributed by atoms with Crippen LogP contribution >= 0.6 is 0 Å². The molecule has 2 heterocycles. The van der Waals surface area contributed by atoms with Gasteiger partial charge in [0.15, 0.2) is 17.4 Å². The fourth-order valence-electron chi connectivity index (χ4n) is 4.03. The van der Waals surface area contributed by atoms with Gasteiger partial charge in [-0.2, -0.15) is 31.4 Å². The molecule has 0 bridgehead atoms. The van der Waals surface area contributed by atoms with Crippen molar-refractivity contribution in [3.63, 3.8) is 0 Å². The second-order valence-electron chi connectivity index (χ2n) is 7.62. The van der Waals surface area contributed by atoms with E-state index in [9.17, 15) is 40.3 Å². The Labute approximate surface area is 174 Å². The first kappa shape index (κ1) is 22.0. The molecule has 2 N–H and O–H groups in total. The number of hydrogen-bond acceptors (Lipinski definition) is 4. The molecule has 3 atom stereocenters. The molecule has 2 aliphatic rings. The van der Waals surface area contributed by atoms with Crippen LogP contribution in [0.1, 0.15) is 34.1 Å². The second kappa shape index (κ2) is 7.17. The van der Waals surface area contributed by atoms with Crippen molar-refractivity contribution < 1.29 is 45.4 Å². The first-order valence-corrected chi connectivity index (χ1v) is 9.20. The van der Waals surface area contributed by atoms with Crippen LogP contribution < -0.4 is 5.32 Å². The van der Waals surface area contributed by atoms with Gasteiger partial charge in [-0.15, -0.1) is 0 Å².